The van der Waals surface area contributed by atoms with Gasteiger partial charge in [-0.05, 0) is 48.4 Å². The third kappa shape index (κ3) is 9.75. The lowest BCUT2D eigenvalue weighted by molar-refractivity contribution is -0.135. The number of benzene rings is 1. The van der Waals surface area contributed by atoms with Crippen molar-refractivity contribution in [3.8, 4) is 0 Å². The molecule has 1 heterocycles. The van der Waals surface area contributed by atoms with Crippen molar-refractivity contribution >= 4 is 23.2 Å². The van der Waals surface area contributed by atoms with Crippen LogP contribution in [0, 0.1) is 5.41 Å². The van der Waals surface area contributed by atoms with Crippen LogP contribution in [0.5, 0.6) is 0 Å². The zero-order valence-corrected chi connectivity index (χ0v) is 21.7. The fraction of sp³-hybridized carbons (Fsp3) is 0.704. The Morgan fingerprint density at radius 3 is 2.52 bits per heavy atom. The van der Waals surface area contributed by atoms with Gasteiger partial charge >= 0.3 is 0 Å². The second kappa shape index (κ2) is 13.0. The largest absolute Gasteiger partial charge is 0.377 e. The van der Waals surface area contributed by atoms with Gasteiger partial charge in [0.05, 0.1) is 6.10 Å². The third-order valence-electron chi connectivity index (χ3n) is 5.95. The van der Waals surface area contributed by atoms with E-state index in [0.29, 0.717) is 25.9 Å². The second-order valence-corrected chi connectivity index (χ2v) is 10.7. The van der Waals surface area contributed by atoms with Crippen LogP contribution >= 0.6 is 0 Å². The highest BCUT2D eigenvalue weighted by Crippen LogP contribution is 2.27. The summed E-state index contributed by atoms with van der Waals surface area (Å²) in [6, 6.07) is 6.00. The minimum absolute atomic E-state index is 0.0506. The summed E-state index contributed by atoms with van der Waals surface area (Å²) in [5, 5.41) is 3.05. The number of nitrogens with one attached hydrogen (secondary N) is 1. The predicted molar refractivity (Wildman–Crippen MR) is 137 cm³/mol. The Kier molecular flexibility index (Phi) is 10.7. The van der Waals surface area contributed by atoms with Crippen molar-refractivity contribution in [1.29, 1.82) is 0 Å². The van der Waals surface area contributed by atoms with Crippen LogP contribution < -0.4 is 10.2 Å². The quantitative estimate of drug-likeness (QED) is 0.413. The van der Waals surface area contributed by atoms with Crippen LogP contribution in [0.3, 0.4) is 0 Å². The molecule has 1 aromatic carbocycles. The second-order valence-electron chi connectivity index (χ2n) is 10.7. The Morgan fingerprint density at radius 2 is 1.91 bits per heavy atom. The molecule has 1 atom stereocenters. The molecule has 6 nitrogen and oxygen atoms in total. The first-order valence-electron chi connectivity index (χ1n) is 12.6. The highest BCUT2D eigenvalue weighted by molar-refractivity contribution is 5.91. The van der Waals surface area contributed by atoms with Crippen molar-refractivity contribution in [2.45, 2.75) is 91.7 Å². The monoisotopic (exact) mass is 459 g/mol. The maximum Gasteiger partial charge on any atom is 0.224 e. The van der Waals surface area contributed by atoms with Gasteiger partial charge in [0, 0.05) is 58.0 Å². The third-order valence-corrected chi connectivity index (χ3v) is 5.95. The molecule has 1 aromatic rings. The molecule has 1 unspecified atom stereocenters. The van der Waals surface area contributed by atoms with Crippen LogP contribution in [0.25, 0.3) is 0 Å². The van der Waals surface area contributed by atoms with Gasteiger partial charge in [-0.1, -0.05) is 47.0 Å². The maximum absolute atomic E-state index is 13.3. The number of unbranched alkanes of at least 4 members (excludes halogenated alkanes) is 3. The average Bonchev–Trinajstić information content (AvgIpc) is 3.22. The Balaban J connectivity index is 2.18. The van der Waals surface area contributed by atoms with Crippen LogP contribution in [0.2, 0.25) is 0 Å². The molecule has 0 saturated carbocycles. The zero-order valence-electron chi connectivity index (χ0n) is 21.7. The SMILES string of the molecule is CCCCCCC(=O)Nc1ccc(N(C)C)c(CN(CC2CCCO2)C(=O)CC(C)(C)C)c1. The van der Waals surface area contributed by atoms with Gasteiger partial charge in [-0.2, -0.15) is 0 Å². The van der Waals surface area contributed by atoms with Crippen molar-refractivity contribution in [2.24, 2.45) is 5.41 Å². The van der Waals surface area contributed by atoms with E-state index >= 15 is 0 Å². The highest BCUT2D eigenvalue weighted by Gasteiger charge is 2.26. The van der Waals surface area contributed by atoms with Crippen LogP contribution in [0.15, 0.2) is 18.2 Å². The number of rotatable bonds is 12. The lowest BCUT2D eigenvalue weighted by Crippen LogP contribution is -2.38. The van der Waals surface area contributed by atoms with Gasteiger partial charge in [-0.15, -0.1) is 0 Å². The van der Waals surface area contributed by atoms with E-state index < -0.39 is 0 Å². The van der Waals surface area contributed by atoms with E-state index in [9.17, 15) is 9.59 Å². The van der Waals surface area contributed by atoms with Crippen molar-refractivity contribution in [2.75, 3.05) is 37.5 Å². The summed E-state index contributed by atoms with van der Waals surface area (Å²) in [6.45, 7) is 10.3. The predicted octanol–water partition coefficient (Wildman–Crippen LogP) is 5.61. The van der Waals surface area contributed by atoms with Crippen LogP contribution in [-0.4, -0.2) is 50.1 Å². The van der Waals surface area contributed by atoms with E-state index in [1.807, 2.05) is 37.2 Å². The first kappa shape index (κ1) is 27.2. The Morgan fingerprint density at radius 1 is 1.15 bits per heavy atom. The number of hydrogen-bond donors (Lipinski definition) is 1. The van der Waals surface area contributed by atoms with Gasteiger partial charge in [-0.25, -0.2) is 0 Å². The van der Waals surface area contributed by atoms with E-state index in [1.54, 1.807) is 0 Å². The molecule has 2 amide bonds. The number of anilines is 2. The van der Waals surface area contributed by atoms with Crippen molar-refractivity contribution < 1.29 is 14.3 Å². The standard InChI is InChI=1S/C27H45N3O3/c1-7-8-9-10-13-25(31)28-22-14-15-24(29(5)6)21(17-22)19-30(20-23-12-11-16-33-23)26(32)18-27(2,3)4/h14-15,17,23H,7-13,16,18-20H2,1-6H3,(H,28,31). The number of amides is 2. The van der Waals surface area contributed by atoms with E-state index in [0.717, 1.165) is 62.1 Å². The summed E-state index contributed by atoms with van der Waals surface area (Å²) in [4.78, 5) is 29.7. The molecule has 6 heteroatoms. The molecule has 0 radical (unpaired) electrons. The molecule has 33 heavy (non-hydrogen) atoms. The molecule has 0 bridgehead atoms. The fourth-order valence-electron chi connectivity index (χ4n) is 4.22. The minimum Gasteiger partial charge on any atom is -0.377 e. The number of carbonyl (C=O) groups is 2. The summed E-state index contributed by atoms with van der Waals surface area (Å²) in [6.07, 6.45) is 7.50. The Bertz CT molecular complexity index is 764. The normalized spacial score (nSPS) is 16.0. The van der Waals surface area contributed by atoms with Crippen molar-refractivity contribution in [3.63, 3.8) is 0 Å². The minimum atomic E-state index is -0.0795. The van der Waals surface area contributed by atoms with Gasteiger partial charge in [0.15, 0.2) is 0 Å². The van der Waals surface area contributed by atoms with Gasteiger partial charge in [0.1, 0.15) is 0 Å². The summed E-state index contributed by atoms with van der Waals surface area (Å²) < 4.78 is 5.85. The lowest BCUT2D eigenvalue weighted by Gasteiger charge is -2.30. The number of ether oxygens (including phenoxy) is 1. The van der Waals surface area contributed by atoms with Crippen LogP contribution in [0.1, 0.15) is 84.6 Å². The van der Waals surface area contributed by atoms with E-state index in [1.165, 1.54) is 0 Å². The molecule has 1 aliphatic rings. The molecule has 0 aromatic heterocycles. The van der Waals surface area contributed by atoms with E-state index in [-0.39, 0.29) is 23.3 Å². The molecule has 2 rings (SSSR count). The molecular formula is C27H45N3O3. The molecule has 1 N–H and O–H groups in total. The fourth-order valence-corrected chi connectivity index (χ4v) is 4.22. The smallest absolute Gasteiger partial charge is 0.224 e. The highest BCUT2D eigenvalue weighted by atomic mass is 16.5. The van der Waals surface area contributed by atoms with Crippen molar-refractivity contribution in [1.82, 2.24) is 4.90 Å². The topological polar surface area (TPSA) is 61.9 Å². The maximum atomic E-state index is 13.3. The Labute approximate surface area is 201 Å². The molecule has 1 fully saturated rings. The number of nitrogens with zero attached hydrogens (tertiary/aromatic N) is 2. The molecule has 186 valence electrons. The van der Waals surface area contributed by atoms with Gasteiger partial charge in [0.25, 0.3) is 0 Å². The van der Waals surface area contributed by atoms with Crippen molar-refractivity contribution in [3.05, 3.63) is 23.8 Å². The van der Waals surface area contributed by atoms with Crippen LogP contribution in [0.4, 0.5) is 11.4 Å². The van der Waals surface area contributed by atoms with Gasteiger partial charge in [-0.3, -0.25) is 9.59 Å². The lowest BCUT2D eigenvalue weighted by atomic mass is 9.91. The van der Waals surface area contributed by atoms with Gasteiger partial charge in [0.2, 0.25) is 11.8 Å². The van der Waals surface area contributed by atoms with E-state index in [4.69, 9.17) is 4.74 Å². The first-order valence-corrected chi connectivity index (χ1v) is 12.6. The molecule has 0 spiro atoms. The molecular weight excluding hydrogens is 414 g/mol. The molecule has 1 saturated heterocycles. The summed E-state index contributed by atoms with van der Waals surface area (Å²) in [5.74, 6) is 0.197. The number of carbonyl (C=O) groups excluding carboxylic acids is 2. The summed E-state index contributed by atoms with van der Waals surface area (Å²) in [7, 11) is 4.01. The zero-order chi connectivity index (χ0) is 24.4. The van der Waals surface area contributed by atoms with E-state index in [2.05, 4.69) is 37.9 Å². The van der Waals surface area contributed by atoms with Crippen LogP contribution in [-0.2, 0) is 20.9 Å². The average molecular weight is 460 g/mol. The number of hydrogen-bond acceptors (Lipinski definition) is 4. The molecule has 0 aliphatic carbocycles. The Hall–Kier alpha value is -2.08. The first-order chi connectivity index (χ1) is 15.6. The molecule has 1 aliphatic heterocycles. The van der Waals surface area contributed by atoms with Gasteiger partial charge < -0.3 is 19.9 Å². The summed E-state index contributed by atoms with van der Waals surface area (Å²) >= 11 is 0. The summed E-state index contributed by atoms with van der Waals surface area (Å²) in [5.41, 5.74) is 2.79.